The van der Waals surface area contributed by atoms with Crippen LogP contribution in [0, 0.1) is 0 Å². The normalized spacial score (nSPS) is 15.8. The maximum Gasteiger partial charge on any atom is 0.236 e. The third-order valence-corrected chi connectivity index (χ3v) is 7.07. The van der Waals surface area contributed by atoms with Crippen LogP contribution in [0.1, 0.15) is 11.1 Å². The fraction of sp³-hybridized carbons (Fsp3) is 0.286. The third-order valence-electron chi connectivity index (χ3n) is 4.52. The molecule has 28 heavy (non-hydrogen) atoms. The molecule has 0 N–H and O–H groups in total. The van der Waals surface area contributed by atoms with Crippen LogP contribution in [0.15, 0.2) is 66.1 Å². The van der Waals surface area contributed by atoms with Crippen molar-refractivity contribution in [3.05, 3.63) is 77.2 Å². The zero-order valence-electron chi connectivity index (χ0n) is 15.6. The third kappa shape index (κ3) is 5.95. The van der Waals surface area contributed by atoms with Gasteiger partial charge in [0.2, 0.25) is 15.9 Å². The lowest BCUT2D eigenvalue weighted by Crippen LogP contribution is -2.50. The molecular formula is C21H24N2O3S2. The molecule has 0 spiro atoms. The lowest BCUT2D eigenvalue weighted by atomic mass is 10.2. The van der Waals surface area contributed by atoms with Gasteiger partial charge in [-0.15, -0.1) is 11.8 Å². The Labute approximate surface area is 171 Å². The molecule has 0 saturated carbocycles. The molecule has 1 aliphatic rings. The van der Waals surface area contributed by atoms with Crippen LogP contribution in [-0.4, -0.2) is 55.5 Å². The molecule has 0 aromatic heterocycles. The smallest absolute Gasteiger partial charge is 0.236 e. The number of nitrogens with zero attached hydrogens (tertiary/aromatic N) is 2. The highest BCUT2D eigenvalue weighted by Gasteiger charge is 2.27. The number of sulfonamides is 1. The van der Waals surface area contributed by atoms with E-state index in [0.29, 0.717) is 31.9 Å². The molecule has 1 amide bonds. The van der Waals surface area contributed by atoms with Gasteiger partial charge >= 0.3 is 0 Å². The van der Waals surface area contributed by atoms with Crippen molar-refractivity contribution in [1.29, 1.82) is 0 Å². The molecule has 0 unspecified atom stereocenters. The van der Waals surface area contributed by atoms with E-state index in [-0.39, 0.29) is 5.91 Å². The van der Waals surface area contributed by atoms with Crippen LogP contribution in [0.3, 0.4) is 0 Å². The fourth-order valence-corrected chi connectivity index (χ4v) is 4.99. The summed E-state index contributed by atoms with van der Waals surface area (Å²) in [5, 5.41) is 1.25. The summed E-state index contributed by atoms with van der Waals surface area (Å²) in [6, 6.07) is 19.4. The summed E-state index contributed by atoms with van der Waals surface area (Å²) < 4.78 is 26.4. The Morgan fingerprint density at radius 1 is 0.929 bits per heavy atom. The van der Waals surface area contributed by atoms with Gasteiger partial charge in [0.25, 0.3) is 0 Å². The maximum atomic E-state index is 12.5. The van der Waals surface area contributed by atoms with Gasteiger partial charge in [0.1, 0.15) is 0 Å². The Morgan fingerprint density at radius 2 is 1.54 bits per heavy atom. The predicted octanol–water partition coefficient (Wildman–Crippen LogP) is 3.06. The largest absolute Gasteiger partial charge is 0.339 e. The number of piperazine rings is 1. The molecule has 5 nitrogen and oxygen atoms in total. The van der Waals surface area contributed by atoms with E-state index in [9.17, 15) is 13.2 Å². The van der Waals surface area contributed by atoms with Crippen LogP contribution in [0.4, 0.5) is 0 Å². The molecule has 1 heterocycles. The highest BCUT2D eigenvalue weighted by molar-refractivity contribution is 7.99. The van der Waals surface area contributed by atoms with Crippen LogP contribution >= 0.6 is 11.8 Å². The first-order valence-electron chi connectivity index (χ1n) is 9.17. The van der Waals surface area contributed by atoms with Gasteiger partial charge < -0.3 is 4.90 Å². The van der Waals surface area contributed by atoms with Crippen molar-refractivity contribution < 1.29 is 13.2 Å². The number of hydrogen-bond donors (Lipinski definition) is 0. The summed E-state index contributed by atoms with van der Waals surface area (Å²) >= 11 is 1.59. The van der Waals surface area contributed by atoms with Gasteiger partial charge in [0.05, 0.1) is 5.75 Å². The number of rotatable bonds is 7. The fourth-order valence-electron chi connectivity index (χ4n) is 2.93. The van der Waals surface area contributed by atoms with E-state index in [2.05, 4.69) is 0 Å². The second kappa shape index (κ2) is 9.91. The first kappa shape index (κ1) is 20.6. The number of hydrogen-bond acceptors (Lipinski definition) is 4. The van der Waals surface area contributed by atoms with Crippen molar-refractivity contribution in [2.45, 2.75) is 5.75 Å². The van der Waals surface area contributed by atoms with Crippen LogP contribution in [0.25, 0.3) is 6.08 Å². The lowest BCUT2D eigenvalue weighted by molar-refractivity contribution is -0.129. The van der Waals surface area contributed by atoms with Gasteiger partial charge in [-0.3, -0.25) is 4.79 Å². The molecule has 0 aliphatic carbocycles. The summed E-state index contributed by atoms with van der Waals surface area (Å²) in [4.78, 5) is 14.1. The van der Waals surface area contributed by atoms with E-state index in [1.165, 1.54) is 15.3 Å². The lowest BCUT2D eigenvalue weighted by Gasteiger charge is -2.33. The van der Waals surface area contributed by atoms with Crippen molar-refractivity contribution in [1.82, 2.24) is 9.21 Å². The van der Waals surface area contributed by atoms with Crippen molar-refractivity contribution in [3.8, 4) is 0 Å². The van der Waals surface area contributed by atoms with Crippen molar-refractivity contribution >= 4 is 33.8 Å². The minimum Gasteiger partial charge on any atom is -0.339 e. The van der Waals surface area contributed by atoms with Crippen LogP contribution < -0.4 is 0 Å². The number of carbonyl (C=O) groups is 1. The Balaban J connectivity index is 1.45. The second-order valence-corrected chi connectivity index (χ2v) is 9.32. The van der Waals surface area contributed by atoms with Gasteiger partial charge in [0.15, 0.2) is 0 Å². The average molecular weight is 417 g/mol. The van der Waals surface area contributed by atoms with E-state index in [0.717, 1.165) is 11.3 Å². The Morgan fingerprint density at radius 3 is 2.18 bits per heavy atom. The van der Waals surface area contributed by atoms with Crippen LogP contribution in [0.5, 0.6) is 0 Å². The first-order valence-corrected chi connectivity index (χ1v) is 11.8. The second-order valence-electron chi connectivity index (χ2n) is 6.52. The van der Waals surface area contributed by atoms with E-state index in [1.807, 2.05) is 60.7 Å². The summed E-state index contributed by atoms with van der Waals surface area (Å²) in [5.74, 6) is 1.28. The zero-order chi connectivity index (χ0) is 19.8. The highest BCUT2D eigenvalue weighted by atomic mass is 32.2. The predicted molar refractivity (Wildman–Crippen MR) is 115 cm³/mol. The van der Waals surface area contributed by atoms with Gasteiger partial charge in [-0.05, 0) is 17.2 Å². The molecule has 2 aromatic rings. The molecule has 3 rings (SSSR count). The summed E-state index contributed by atoms with van der Waals surface area (Å²) in [5.41, 5.74) is 2.04. The molecule has 7 heteroatoms. The molecule has 2 aromatic carbocycles. The number of amides is 1. The van der Waals surface area contributed by atoms with Crippen molar-refractivity contribution in [3.63, 3.8) is 0 Å². The number of benzene rings is 2. The van der Waals surface area contributed by atoms with E-state index in [4.69, 9.17) is 0 Å². The van der Waals surface area contributed by atoms with Crippen LogP contribution in [-0.2, 0) is 20.6 Å². The molecule has 148 valence electrons. The Bertz CT molecular complexity index is 892. The monoisotopic (exact) mass is 416 g/mol. The number of carbonyl (C=O) groups excluding carboxylic acids is 1. The first-order chi connectivity index (χ1) is 13.5. The Hall–Kier alpha value is -2.09. The SMILES string of the molecule is O=C(CSCc1ccccc1)N1CCN(S(=O)(=O)C=Cc2ccccc2)CC1. The standard InChI is InChI=1S/C21H24N2O3S2/c24-21(18-27-17-20-9-5-2-6-10-20)22-12-14-23(15-13-22)28(25,26)16-11-19-7-3-1-4-8-19/h1-11,16H,12-15,17-18H2. The minimum absolute atomic E-state index is 0.0674. The molecule has 0 atom stereocenters. The van der Waals surface area contributed by atoms with Gasteiger partial charge in [-0.2, -0.15) is 4.31 Å². The van der Waals surface area contributed by atoms with Crippen molar-refractivity contribution in [2.75, 3.05) is 31.9 Å². The number of thioether (sulfide) groups is 1. The highest BCUT2D eigenvalue weighted by Crippen LogP contribution is 2.15. The van der Waals surface area contributed by atoms with E-state index in [1.54, 1.807) is 22.7 Å². The van der Waals surface area contributed by atoms with Gasteiger partial charge in [-0.25, -0.2) is 8.42 Å². The van der Waals surface area contributed by atoms with E-state index < -0.39 is 10.0 Å². The van der Waals surface area contributed by atoms with Gasteiger partial charge in [-0.1, -0.05) is 60.7 Å². The van der Waals surface area contributed by atoms with Gasteiger partial charge in [0, 0.05) is 37.3 Å². The molecule has 0 bridgehead atoms. The molecule has 1 aliphatic heterocycles. The van der Waals surface area contributed by atoms with Crippen molar-refractivity contribution in [2.24, 2.45) is 0 Å². The molecule has 1 fully saturated rings. The van der Waals surface area contributed by atoms with Crippen LogP contribution in [0.2, 0.25) is 0 Å². The molecule has 1 saturated heterocycles. The average Bonchev–Trinajstić information content (AvgIpc) is 2.74. The quantitative estimate of drug-likeness (QED) is 0.696. The summed E-state index contributed by atoms with van der Waals surface area (Å²) in [6.07, 6.45) is 1.60. The Kier molecular flexibility index (Phi) is 7.30. The minimum atomic E-state index is -3.47. The van der Waals surface area contributed by atoms with E-state index >= 15 is 0 Å². The molecular weight excluding hydrogens is 392 g/mol. The molecule has 0 radical (unpaired) electrons. The summed E-state index contributed by atoms with van der Waals surface area (Å²) in [6.45, 7) is 1.53. The zero-order valence-corrected chi connectivity index (χ0v) is 17.2. The summed E-state index contributed by atoms with van der Waals surface area (Å²) in [7, 11) is -3.47. The maximum absolute atomic E-state index is 12.5. The topological polar surface area (TPSA) is 57.7 Å².